The van der Waals surface area contributed by atoms with Crippen LogP contribution >= 0.6 is 0 Å². The molecule has 0 unspecified atom stereocenters. The van der Waals surface area contributed by atoms with Crippen molar-refractivity contribution in [2.75, 3.05) is 11.9 Å². The number of aliphatic hydroxyl groups excluding tert-OH is 1. The molecule has 3 aromatic carbocycles. The van der Waals surface area contributed by atoms with Crippen LogP contribution in [0.25, 0.3) is 22.4 Å². The number of hydrogen-bond donors (Lipinski definition) is 3. The van der Waals surface area contributed by atoms with Crippen molar-refractivity contribution < 1.29 is 19.2 Å². The zero-order valence-electron chi connectivity index (χ0n) is 26.3. The van der Waals surface area contributed by atoms with Gasteiger partial charge in [-0.05, 0) is 88.1 Å². The highest BCUT2D eigenvalue weighted by molar-refractivity contribution is 7.84. The molecule has 1 aliphatic rings. The lowest BCUT2D eigenvalue weighted by Gasteiger charge is -2.30. The van der Waals surface area contributed by atoms with Crippen LogP contribution in [0.15, 0.2) is 84.9 Å². The van der Waals surface area contributed by atoms with Gasteiger partial charge in [0.25, 0.3) is 5.91 Å². The van der Waals surface area contributed by atoms with Crippen molar-refractivity contribution in [2.24, 2.45) is 0 Å². The first-order valence-corrected chi connectivity index (χ1v) is 16.1. The lowest BCUT2D eigenvalue weighted by atomic mass is 9.95. The van der Waals surface area contributed by atoms with Gasteiger partial charge < -0.3 is 15.5 Å². The maximum Gasteiger partial charge on any atom is 0.274 e. The molecule has 3 N–H and O–H groups in total. The first-order chi connectivity index (χ1) is 21.3. The summed E-state index contributed by atoms with van der Waals surface area (Å²) in [4.78, 5) is 18.6. The Morgan fingerprint density at radius 2 is 1.62 bits per heavy atom. The molecule has 0 saturated heterocycles. The summed E-state index contributed by atoms with van der Waals surface area (Å²) in [6, 6.07) is 26.6. The van der Waals surface area contributed by atoms with E-state index in [-0.39, 0.29) is 24.2 Å². The van der Waals surface area contributed by atoms with Crippen LogP contribution < -0.4 is 5.32 Å². The van der Waals surface area contributed by atoms with Crippen LogP contribution in [0.3, 0.4) is 0 Å². The van der Waals surface area contributed by atoms with E-state index in [9.17, 15) is 19.2 Å². The Morgan fingerprint density at radius 1 is 0.956 bits per heavy atom. The lowest BCUT2D eigenvalue weighted by Crippen LogP contribution is -2.36. The summed E-state index contributed by atoms with van der Waals surface area (Å²) in [5.74, 6) is 5.51. The van der Waals surface area contributed by atoms with E-state index in [1.165, 1.54) is 0 Å². The molecule has 7 nitrogen and oxygen atoms in total. The van der Waals surface area contributed by atoms with E-state index < -0.39 is 21.3 Å². The summed E-state index contributed by atoms with van der Waals surface area (Å²) < 4.78 is 15.1. The van der Waals surface area contributed by atoms with Crippen LogP contribution in [0.1, 0.15) is 74.3 Å². The molecule has 0 aliphatic carbocycles. The molecule has 0 radical (unpaired) electrons. The van der Waals surface area contributed by atoms with Crippen LogP contribution in [0.2, 0.25) is 0 Å². The minimum absolute atomic E-state index is 0.0975. The summed E-state index contributed by atoms with van der Waals surface area (Å²) in [5, 5.41) is 23.2. The summed E-state index contributed by atoms with van der Waals surface area (Å²) >= 11 is 0. The quantitative estimate of drug-likeness (QED) is 0.205. The second-order valence-electron chi connectivity index (χ2n) is 12.7. The number of hydrogen-bond acceptors (Lipinski definition) is 5. The highest BCUT2D eigenvalue weighted by atomic mass is 32.2. The van der Waals surface area contributed by atoms with E-state index in [2.05, 4.69) is 17.2 Å². The molecule has 1 aliphatic heterocycles. The summed E-state index contributed by atoms with van der Waals surface area (Å²) in [7, 11) is -1.38. The summed E-state index contributed by atoms with van der Waals surface area (Å²) in [6.45, 7) is 9.28. The van der Waals surface area contributed by atoms with Crippen molar-refractivity contribution in [3.63, 3.8) is 0 Å². The second kappa shape index (κ2) is 13.1. The fraction of sp³-hybridized carbons (Fsp3) is 0.297. The zero-order chi connectivity index (χ0) is 32.4. The van der Waals surface area contributed by atoms with Gasteiger partial charge in [0.05, 0.1) is 16.5 Å². The molecule has 2 atom stereocenters. The van der Waals surface area contributed by atoms with Gasteiger partial charge in [0.15, 0.2) is 0 Å². The van der Waals surface area contributed by atoms with Gasteiger partial charge in [-0.25, -0.2) is 13.5 Å². The monoisotopic (exact) mass is 621 g/mol. The van der Waals surface area contributed by atoms with Gasteiger partial charge in [-0.3, -0.25) is 4.79 Å². The molecule has 45 heavy (non-hydrogen) atoms. The number of rotatable bonds is 7. The Kier molecular flexibility index (Phi) is 9.38. The number of fused-ring (bicyclic) bond motifs is 1. The van der Waals surface area contributed by atoms with Crippen molar-refractivity contribution >= 4 is 22.6 Å². The van der Waals surface area contributed by atoms with Gasteiger partial charge in [0, 0.05) is 35.5 Å². The number of pyridine rings is 1. The Labute approximate surface area is 267 Å². The molecule has 1 aromatic heterocycles. The average Bonchev–Trinajstić information content (AvgIpc) is 3.37. The van der Waals surface area contributed by atoms with Crippen molar-refractivity contribution in [3.8, 4) is 34.2 Å². The number of amides is 1. The van der Waals surface area contributed by atoms with E-state index in [1.54, 1.807) is 19.9 Å². The summed E-state index contributed by atoms with van der Waals surface area (Å²) in [5.41, 5.74) is 5.53. The van der Waals surface area contributed by atoms with Gasteiger partial charge in [-0.2, -0.15) is 0 Å². The predicted molar refractivity (Wildman–Crippen MR) is 181 cm³/mol. The minimum Gasteiger partial charge on any atom is -0.396 e. The van der Waals surface area contributed by atoms with Gasteiger partial charge in [0.2, 0.25) is 0 Å². The number of anilines is 1. The third-order valence-corrected chi connectivity index (χ3v) is 9.28. The number of aromatic nitrogens is 1. The lowest BCUT2D eigenvalue weighted by molar-refractivity contribution is 0.102. The highest BCUT2D eigenvalue weighted by Gasteiger charge is 2.40. The molecule has 0 saturated carbocycles. The molecular weight excluding hydrogens is 582 g/mol. The van der Waals surface area contributed by atoms with Crippen molar-refractivity contribution in [3.05, 3.63) is 107 Å². The molecule has 232 valence electrons. The predicted octanol–water partition coefficient (Wildman–Crippen LogP) is 6.49. The van der Waals surface area contributed by atoms with Crippen LogP contribution in [-0.4, -0.2) is 46.6 Å². The van der Waals surface area contributed by atoms with Gasteiger partial charge in [0.1, 0.15) is 22.3 Å². The maximum absolute atomic E-state index is 13.7. The van der Waals surface area contributed by atoms with Crippen molar-refractivity contribution in [1.29, 1.82) is 0 Å². The zero-order valence-corrected chi connectivity index (χ0v) is 27.1. The molecule has 0 fully saturated rings. The van der Waals surface area contributed by atoms with E-state index >= 15 is 0 Å². The van der Waals surface area contributed by atoms with E-state index in [4.69, 9.17) is 4.98 Å². The molecule has 2 heterocycles. The number of nitrogens with one attached hydrogen (secondary N) is 1. The molecule has 0 spiro atoms. The third-order valence-electron chi connectivity index (χ3n) is 7.42. The first kappa shape index (κ1) is 32.3. The van der Waals surface area contributed by atoms with Gasteiger partial charge in [-0.1, -0.05) is 66.4 Å². The van der Waals surface area contributed by atoms with Gasteiger partial charge in [-0.15, -0.1) is 0 Å². The number of benzene rings is 3. The number of carbonyl (C=O) groups is 1. The molecular formula is C37H39N3O4S. The summed E-state index contributed by atoms with van der Waals surface area (Å²) in [6.07, 6.45) is 0.362. The SMILES string of the molecule is CC(C)(O)C#Cc1cccc(-c2nc(C(=O)Nc3ccc(-c4ccccc4)cc3)cc3c2[C@H](CCO)N([S@@](=O)C(C)(C)C)C3)c1. The largest absolute Gasteiger partial charge is 0.396 e. The Morgan fingerprint density at radius 3 is 2.27 bits per heavy atom. The van der Waals surface area contributed by atoms with Crippen LogP contribution in [0, 0.1) is 11.8 Å². The molecule has 1 amide bonds. The number of nitrogens with zero attached hydrogens (tertiary/aromatic N) is 2. The van der Waals surface area contributed by atoms with E-state index in [1.807, 2.05) is 104 Å². The fourth-order valence-electron chi connectivity index (χ4n) is 5.35. The minimum atomic E-state index is -1.38. The topological polar surface area (TPSA) is 103 Å². The molecule has 4 aromatic rings. The van der Waals surface area contributed by atoms with Crippen molar-refractivity contribution in [2.45, 2.75) is 64.0 Å². The Bertz CT molecular complexity index is 1780. The fourth-order valence-corrected chi connectivity index (χ4v) is 6.75. The number of aliphatic hydroxyl groups is 2. The second-order valence-corrected chi connectivity index (χ2v) is 14.9. The standard InChI is InChI=1S/C37H39N3O4S/c1-36(2,3)45(44)40-24-29-23-31(35(42)38-30-16-14-27(15-17-30)26-11-7-6-8-12-26)39-34(33(29)32(40)19-21-41)28-13-9-10-25(22-28)18-20-37(4,5)43/h6-17,22-23,32,41,43H,19,21,24H2,1-5H3,(H,38,42)/t32-,45-/m0/s1. The number of carbonyl (C=O) groups excluding carboxylic acids is 1. The highest BCUT2D eigenvalue weighted by Crippen LogP contribution is 2.44. The van der Waals surface area contributed by atoms with Gasteiger partial charge >= 0.3 is 0 Å². The van der Waals surface area contributed by atoms with Crippen LogP contribution in [0.5, 0.6) is 0 Å². The Hall–Kier alpha value is -4.13. The van der Waals surface area contributed by atoms with Crippen LogP contribution in [-0.2, 0) is 17.5 Å². The van der Waals surface area contributed by atoms with E-state index in [0.717, 1.165) is 27.8 Å². The third kappa shape index (κ3) is 7.58. The smallest absolute Gasteiger partial charge is 0.274 e. The van der Waals surface area contributed by atoms with E-state index in [0.29, 0.717) is 29.9 Å². The normalized spacial score (nSPS) is 15.6. The van der Waals surface area contributed by atoms with Crippen LogP contribution in [0.4, 0.5) is 5.69 Å². The maximum atomic E-state index is 13.7. The molecule has 0 bridgehead atoms. The first-order valence-electron chi connectivity index (χ1n) is 15.0. The molecule has 5 rings (SSSR count). The average molecular weight is 622 g/mol. The van der Waals surface area contributed by atoms with Crippen molar-refractivity contribution in [1.82, 2.24) is 9.29 Å². The Balaban J connectivity index is 1.56. The molecule has 8 heteroatoms.